The molecule has 25 heavy (non-hydrogen) atoms. The Kier molecular flexibility index (Phi) is 5.66. The van der Waals surface area contributed by atoms with Crippen molar-refractivity contribution in [3.8, 4) is 0 Å². The molecule has 10 N–H and O–H groups in total. The van der Waals surface area contributed by atoms with Gasteiger partial charge in [0.2, 0.25) is 0 Å². The van der Waals surface area contributed by atoms with Gasteiger partial charge in [0.25, 0.3) is 0 Å². The van der Waals surface area contributed by atoms with Crippen molar-refractivity contribution in [3.05, 3.63) is 40.8 Å². The third-order valence-corrected chi connectivity index (χ3v) is 3.44. The molecule has 0 saturated heterocycles. The van der Waals surface area contributed by atoms with Gasteiger partial charge < -0.3 is 37.8 Å². The molecule has 2 aromatic rings. The molecule has 2 heterocycles. The molecule has 0 radical (unpaired) electrons. The molecular weight excluding hydrogens is 320 g/mol. The van der Waals surface area contributed by atoms with E-state index in [9.17, 15) is 0 Å². The Hall–Kier alpha value is -3.43. The average Bonchev–Trinajstić information content (AvgIpc) is 3.14. The lowest BCUT2D eigenvalue weighted by molar-refractivity contribution is 0.763. The molecule has 0 aliphatic heterocycles. The van der Waals surface area contributed by atoms with Crippen LogP contribution in [0.4, 0.5) is 5.95 Å². The predicted molar refractivity (Wildman–Crippen MR) is 99.8 cm³/mol. The lowest BCUT2D eigenvalue weighted by Gasteiger charge is -2.11. The second-order valence-electron chi connectivity index (χ2n) is 5.35. The molecule has 0 aliphatic carbocycles. The minimum Gasteiger partial charge on any atom is -0.386 e. The largest absolute Gasteiger partial charge is 0.386 e. The Bertz CT molecular complexity index is 855. The van der Waals surface area contributed by atoms with Gasteiger partial charge in [-0.05, 0) is 6.08 Å². The van der Waals surface area contributed by atoms with E-state index in [1.165, 1.54) is 0 Å². The van der Waals surface area contributed by atoms with E-state index in [0.717, 1.165) is 16.7 Å². The topological polar surface area (TPSA) is 172 Å². The van der Waals surface area contributed by atoms with Gasteiger partial charge in [-0.15, -0.1) is 0 Å². The quantitative estimate of drug-likeness (QED) is 0.210. The van der Waals surface area contributed by atoms with Crippen LogP contribution in [0.25, 0.3) is 12.7 Å². The Morgan fingerprint density at radius 3 is 2.76 bits per heavy atom. The molecule has 0 amide bonds. The molecule has 0 spiro atoms. The van der Waals surface area contributed by atoms with Crippen LogP contribution in [0, 0.1) is 0 Å². The maximum atomic E-state index is 5.52. The van der Waals surface area contributed by atoms with Crippen molar-refractivity contribution in [2.24, 2.45) is 22.2 Å². The highest BCUT2D eigenvalue weighted by atomic mass is 15.1. The molecule has 1 atom stereocenters. The zero-order valence-corrected chi connectivity index (χ0v) is 14.1. The van der Waals surface area contributed by atoms with Crippen molar-refractivity contribution >= 4 is 24.6 Å². The van der Waals surface area contributed by atoms with Gasteiger partial charge in [0, 0.05) is 19.3 Å². The fourth-order valence-corrected chi connectivity index (χ4v) is 2.33. The standard InChI is InChI=1S/C15H24N10/c1-8(16)20-5-4-11-13(24-9(2)23-11)10(6-21-14(17)18)12-7-22-15(19-3)25-12/h4,7,10,20,23H,1-2,5-6,16H2,3H3,(H4,17,18,21)(H2,19,22,25)/b11-4-. The maximum absolute atomic E-state index is 5.52. The van der Waals surface area contributed by atoms with E-state index in [1.807, 2.05) is 6.08 Å². The normalized spacial score (nSPS) is 12.6. The molecule has 0 fully saturated rings. The molecule has 0 aliphatic rings. The van der Waals surface area contributed by atoms with Crippen LogP contribution in [-0.2, 0) is 0 Å². The lowest BCUT2D eigenvalue weighted by atomic mass is 10.0. The van der Waals surface area contributed by atoms with Crippen LogP contribution in [0.3, 0.4) is 0 Å². The molecule has 0 bridgehead atoms. The zero-order valence-electron chi connectivity index (χ0n) is 14.1. The van der Waals surface area contributed by atoms with Gasteiger partial charge in [-0.25, -0.2) is 9.97 Å². The van der Waals surface area contributed by atoms with Crippen LogP contribution in [0.1, 0.15) is 17.3 Å². The molecule has 10 nitrogen and oxygen atoms in total. The number of anilines is 1. The van der Waals surface area contributed by atoms with Crippen molar-refractivity contribution in [2.75, 3.05) is 25.5 Å². The number of guanidine groups is 1. The molecular formula is C15H24N10. The van der Waals surface area contributed by atoms with Gasteiger partial charge in [-0.3, -0.25) is 4.99 Å². The Labute approximate surface area is 145 Å². The number of H-pyrrole nitrogens is 2. The van der Waals surface area contributed by atoms with Crippen molar-refractivity contribution in [1.29, 1.82) is 0 Å². The summed E-state index contributed by atoms with van der Waals surface area (Å²) in [5.41, 5.74) is 18.6. The minimum atomic E-state index is -0.226. The van der Waals surface area contributed by atoms with Crippen LogP contribution in [0.2, 0.25) is 0 Å². The monoisotopic (exact) mass is 344 g/mol. The van der Waals surface area contributed by atoms with Gasteiger partial charge in [-0.1, -0.05) is 13.2 Å². The SMILES string of the molecule is C=C(N)NC/C=c1\[nH]c(=C)nc1C(CN=C(N)N)c1cnc(NC)[nH]1. The Morgan fingerprint density at radius 2 is 2.16 bits per heavy atom. The molecule has 1 unspecified atom stereocenters. The number of aliphatic imine (C=N–C) groups is 1. The van der Waals surface area contributed by atoms with E-state index >= 15 is 0 Å². The van der Waals surface area contributed by atoms with Gasteiger partial charge in [0.15, 0.2) is 11.9 Å². The number of nitrogens with zero attached hydrogens (tertiary/aromatic N) is 3. The number of hydrogen-bond acceptors (Lipinski definition) is 6. The summed E-state index contributed by atoms with van der Waals surface area (Å²) in [4.78, 5) is 19.2. The van der Waals surface area contributed by atoms with E-state index in [1.54, 1.807) is 13.2 Å². The van der Waals surface area contributed by atoms with E-state index in [-0.39, 0.29) is 11.9 Å². The summed E-state index contributed by atoms with van der Waals surface area (Å²) < 4.78 is 0. The van der Waals surface area contributed by atoms with Crippen LogP contribution < -0.4 is 38.7 Å². The van der Waals surface area contributed by atoms with Gasteiger partial charge in [0.1, 0.15) is 5.48 Å². The second-order valence-corrected chi connectivity index (χ2v) is 5.35. The van der Waals surface area contributed by atoms with Gasteiger partial charge >= 0.3 is 0 Å². The number of nitrogens with two attached hydrogens (primary N) is 3. The summed E-state index contributed by atoms with van der Waals surface area (Å²) >= 11 is 0. The highest BCUT2D eigenvalue weighted by Crippen LogP contribution is 2.20. The van der Waals surface area contributed by atoms with E-state index in [4.69, 9.17) is 17.2 Å². The van der Waals surface area contributed by atoms with Crippen LogP contribution in [0.5, 0.6) is 0 Å². The number of imidazole rings is 2. The third-order valence-electron chi connectivity index (χ3n) is 3.44. The van der Waals surface area contributed by atoms with Crippen molar-refractivity contribution < 1.29 is 0 Å². The van der Waals surface area contributed by atoms with Crippen molar-refractivity contribution in [3.63, 3.8) is 0 Å². The molecule has 0 saturated carbocycles. The summed E-state index contributed by atoms with van der Waals surface area (Å²) in [5.74, 6) is 0.810. The number of aromatic amines is 2. The number of nitrogens with one attached hydrogen (secondary N) is 4. The zero-order chi connectivity index (χ0) is 18.4. The van der Waals surface area contributed by atoms with Crippen LogP contribution in [0.15, 0.2) is 23.6 Å². The lowest BCUT2D eigenvalue weighted by Crippen LogP contribution is -2.26. The Balaban J connectivity index is 2.44. The highest BCUT2D eigenvalue weighted by Gasteiger charge is 2.20. The van der Waals surface area contributed by atoms with Crippen molar-refractivity contribution in [2.45, 2.75) is 5.92 Å². The van der Waals surface area contributed by atoms with Crippen LogP contribution in [-0.4, -0.2) is 46.0 Å². The van der Waals surface area contributed by atoms with Gasteiger partial charge in [-0.2, -0.15) is 0 Å². The van der Waals surface area contributed by atoms with Crippen molar-refractivity contribution in [1.82, 2.24) is 25.3 Å². The molecule has 2 rings (SSSR count). The number of hydrogen-bond donors (Lipinski definition) is 7. The highest BCUT2D eigenvalue weighted by molar-refractivity contribution is 5.75. The molecule has 10 heteroatoms. The Morgan fingerprint density at radius 1 is 1.40 bits per heavy atom. The first-order valence-electron chi connectivity index (χ1n) is 7.62. The maximum Gasteiger partial charge on any atom is 0.200 e. The summed E-state index contributed by atoms with van der Waals surface area (Å²) in [7, 11) is 1.78. The number of aromatic nitrogens is 4. The fraction of sp³-hybridized carbons (Fsp3) is 0.267. The smallest absolute Gasteiger partial charge is 0.200 e. The molecule has 134 valence electrons. The summed E-state index contributed by atoms with van der Waals surface area (Å²) in [6.07, 6.45) is 3.63. The fourth-order valence-electron chi connectivity index (χ4n) is 2.33. The number of rotatable bonds is 8. The average molecular weight is 344 g/mol. The second kappa shape index (κ2) is 7.90. The van der Waals surface area contributed by atoms with E-state index in [0.29, 0.717) is 30.3 Å². The summed E-state index contributed by atoms with van der Waals surface area (Å²) in [6, 6.07) is 0. The van der Waals surface area contributed by atoms with E-state index < -0.39 is 0 Å². The third kappa shape index (κ3) is 4.77. The minimum absolute atomic E-state index is 0.00960. The first-order valence-corrected chi connectivity index (χ1v) is 7.62. The van der Waals surface area contributed by atoms with Crippen LogP contribution >= 0.6 is 0 Å². The summed E-state index contributed by atoms with van der Waals surface area (Å²) in [6.45, 7) is 8.27. The first-order chi connectivity index (χ1) is 11.9. The first kappa shape index (κ1) is 17.9. The summed E-state index contributed by atoms with van der Waals surface area (Å²) in [5, 5.41) is 6.69. The van der Waals surface area contributed by atoms with Gasteiger partial charge in [0.05, 0.1) is 35.5 Å². The predicted octanol–water partition coefficient (Wildman–Crippen LogP) is -2.21. The van der Waals surface area contributed by atoms with E-state index in [2.05, 4.69) is 48.7 Å². The molecule has 2 aromatic heterocycles. The molecule has 0 aromatic carbocycles.